The highest BCUT2D eigenvalue weighted by atomic mass is 19.1. The molecule has 0 unspecified atom stereocenters. The van der Waals surface area contributed by atoms with Crippen LogP contribution < -0.4 is 5.32 Å². The summed E-state index contributed by atoms with van der Waals surface area (Å²) < 4.78 is 15.4. The average molecular weight is 401 g/mol. The lowest BCUT2D eigenvalue weighted by molar-refractivity contribution is 0.0952. The number of carbonyl (C=O) groups excluding carboxylic acids is 1. The third-order valence-electron chi connectivity index (χ3n) is 5.24. The number of halogens is 1. The molecule has 0 bridgehead atoms. The molecule has 1 heterocycles. The Bertz CT molecular complexity index is 1160. The lowest BCUT2D eigenvalue weighted by Crippen LogP contribution is -2.25. The smallest absolute Gasteiger partial charge is 0.251 e. The minimum absolute atomic E-state index is 0.0482. The maximum Gasteiger partial charge on any atom is 0.251 e. The Morgan fingerprint density at radius 2 is 1.73 bits per heavy atom. The van der Waals surface area contributed by atoms with Crippen LogP contribution in [-0.4, -0.2) is 22.0 Å². The zero-order chi connectivity index (χ0) is 20.9. The largest absolute Gasteiger partial charge is 0.352 e. The number of hydrogen-bond acceptors (Lipinski definition) is 2. The second-order valence-electron chi connectivity index (χ2n) is 7.40. The molecule has 0 aliphatic heterocycles. The van der Waals surface area contributed by atoms with Gasteiger partial charge in [0.05, 0.1) is 11.0 Å². The molecule has 4 aromatic rings. The van der Waals surface area contributed by atoms with Crippen molar-refractivity contribution in [3.8, 4) is 0 Å². The summed E-state index contributed by atoms with van der Waals surface area (Å²) >= 11 is 0. The number of amides is 1. The minimum Gasteiger partial charge on any atom is -0.352 e. The van der Waals surface area contributed by atoms with E-state index in [0.29, 0.717) is 18.7 Å². The number of fused-ring (bicyclic) bond motifs is 1. The van der Waals surface area contributed by atoms with Crippen molar-refractivity contribution < 1.29 is 9.18 Å². The summed E-state index contributed by atoms with van der Waals surface area (Å²) in [7, 11) is 0. The molecule has 0 aliphatic carbocycles. The van der Waals surface area contributed by atoms with E-state index in [9.17, 15) is 9.18 Å². The summed E-state index contributed by atoms with van der Waals surface area (Å²) in [5.41, 5.74) is 4.70. The predicted octanol–water partition coefficient (Wildman–Crippen LogP) is 4.89. The van der Waals surface area contributed by atoms with Gasteiger partial charge >= 0.3 is 0 Å². The van der Waals surface area contributed by atoms with Crippen molar-refractivity contribution in [1.29, 1.82) is 0 Å². The minimum atomic E-state index is -0.237. The third-order valence-corrected chi connectivity index (χ3v) is 5.24. The van der Waals surface area contributed by atoms with E-state index in [1.807, 2.05) is 49.4 Å². The van der Waals surface area contributed by atoms with Gasteiger partial charge in [0, 0.05) is 25.1 Å². The first-order chi connectivity index (χ1) is 14.6. The van der Waals surface area contributed by atoms with Crippen LogP contribution >= 0.6 is 0 Å². The number of rotatable bonds is 7. The van der Waals surface area contributed by atoms with Gasteiger partial charge in [-0.3, -0.25) is 4.79 Å². The van der Waals surface area contributed by atoms with E-state index in [1.54, 1.807) is 12.1 Å². The first-order valence-electron chi connectivity index (χ1n) is 10.1. The van der Waals surface area contributed by atoms with Crippen LogP contribution in [0.2, 0.25) is 0 Å². The molecule has 1 N–H and O–H groups in total. The quantitative estimate of drug-likeness (QED) is 0.448. The van der Waals surface area contributed by atoms with E-state index in [4.69, 9.17) is 4.98 Å². The third kappa shape index (κ3) is 4.40. The molecule has 1 aromatic heterocycles. The molecule has 0 aliphatic rings. The molecular weight excluding hydrogens is 377 g/mol. The van der Waals surface area contributed by atoms with Crippen molar-refractivity contribution in [2.24, 2.45) is 0 Å². The van der Waals surface area contributed by atoms with Crippen LogP contribution in [0.25, 0.3) is 11.0 Å². The first-order valence-corrected chi connectivity index (χ1v) is 10.1. The lowest BCUT2D eigenvalue weighted by Gasteiger charge is -2.11. The van der Waals surface area contributed by atoms with Crippen LogP contribution in [0, 0.1) is 12.7 Å². The number of nitrogens with one attached hydrogen (secondary N) is 1. The predicted molar refractivity (Wildman–Crippen MR) is 117 cm³/mol. The molecule has 1 amide bonds. The highest BCUT2D eigenvalue weighted by Gasteiger charge is 2.12. The van der Waals surface area contributed by atoms with Gasteiger partial charge in [0.1, 0.15) is 11.6 Å². The van der Waals surface area contributed by atoms with Crippen molar-refractivity contribution in [3.63, 3.8) is 0 Å². The fourth-order valence-corrected chi connectivity index (χ4v) is 3.64. The average Bonchev–Trinajstić information content (AvgIpc) is 3.10. The van der Waals surface area contributed by atoms with Crippen molar-refractivity contribution in [1.82, 2.24) is 14.9 Å². The number of nitrogens with zero attached hydrogens (tertiary/aromatic N) is 2. The van der Waals surface area contributed by atoms with Gasteiger partial charge in [0.2, 0.25) is 0 Å². The summed E-state index contributed by atoms with van der Waals surface area (Å²) in [5, 5.41) is 3.00. The molecular formula is C25H24FN3O. The number of hydrogen-bond donors (Lipinski definition) is 1. The van der Waals surface area contributed by atoms with E-state index in [-0.39, 0.29) is 11.7 Å². The molecule has 0 spiro atoms. The van der Waals surface area contributed by atoms with E-state index >= 15 is 0 Å². The Labute approximate surface area is 175 Å². The maximum absolute atomic E-state index is 13.3. The summed E-state index contributed by atoms with van der Waals surface area (Å²) in [4.78, 5) is 17.2. The number of aromatic nitrogens is 2. The summed E-state index contributed by atoms with van der Waals surface area (Å²) in [6.45, 7) is 3.14. The van der Waals surface area contributed by atoms with Gasteiger partial charge in [-0.1, -0.05) is 42.5 Å². The fraction of sp³-hybridized carbons (Fsp3) is 0.200. The highest BCUT2D eigenvalue weighted by molar-refractivity contribution is 5.95. The van der Waals surface area contributed by atoms with Gasteiger partial charge in [0.15, 0.2) is 0 Å². The molecule has 0 saturated carbocycles. The molecule has 4 nitrogen and oxygen atoms in total. The Morgan fingerprint density at radius 1 is 1.00 bits per heavy atom. The number of para-hydroxylation sites is 2. The van der Waals surface area contributed by atoms with Crippen molar-refractivity contribution in [2.75, 3.05) is 6.54 Å². The summed E-state index contributed by atoms with van der Waals surface area (Å²) in [6, 6.07) is 22.2. The van der Waals surface area contributed by atoms with Crippen LogP contribution in [0.4, 0.5) is 4.39 Å². The SMILES string of the molecule is Cc1ccccc1C(=O)NCCCc1nc2ccccc2n1Cc1ccc(F)cc1. The molecule has 0 atom stereocenters. The highest BCUT2D eigenvalue weighted by Crippen LogP contribution is 2.19. The molecule has 30 heavy (non-hydrogen) atoms. The van der Waals surface area contributed by atoms with Gasteiger partial charge < -0.3 is 9.88 Å². The molecule has 3 aromatic carbocycles. The molecule has 4 rings (SSSR count). The van der Waals surface area contributed by atoms with E-state index < -0.39 is 0 Å². The normalized spacial score (nSPS) is 11.0. The lowest BCUT2D eigenvalue weighted by atomic mass is 10.1. The zero-order valence-electron chi connectivity index (χ0n) is 16.9. The van der Waals surface area contributed by atoms with E-state index in [2.05, 4.69) is 16.0 Å². The Hall–Kier alpha value is -3.47. The Morgan fingerprint density at radius 3 is 2.53 bits per heavy atom. The number of carbonyl (C=O) groups is 1. The van der Waals surface area contributed by atoms with Crippen LogP contribution in [-0.2, 0) is 13.0 Å². The van der Waals surface area contributed by atoms with Crippen molar-refractivity contribution >= 4 is 16.9 Å². The fourth-order valence-electron chi connectivity index (χ4n) is 3.64. The van der Waals surface area contributed by atoms with Crippen LogP contribution in [0.1, 0.15) is 33.7 Å². The monoisotopic (exact) mass is 401 g/mol. The maximum atomic E-state index is 13.3. The molecule has 0 radical (unpaired) electrons. The molecule has 5 heteroatoms. The second kappa shape index (κ2) is 8.91. The zero-order valence-corrected chi connectivity index (χ0v) is 16.9. The Balaban J connectivity index is 1.45. The van der Waals surface area contributed by atoms with Gasteiger partial charge in [-0.25, -0.2) is 9.37 Å². The van der Waals surface area contributed by atoms with Crippen molar-refractivity contribution in [2.45, 2.75) is 26.3 Å². The van der Waals surface area contributed by atoms with Crippen LogP contribution in [0.5, 0.6) is 0 Å². The summed E-state index contributed by atoms with van der Waals surface area (Å²) in [6.07, 6.45) is 1.52. The van der Waals surface area contributed by atoms with Gasteiger partial charge in [-0.2, -0.15) is 0 Å². The summed E-state index contributed by atoms with van der Waals surface area (Å²) in [5.74, 6) is 0.678. The number of benzene rings is 3. The Kier molecular flexibility index (Phi) is 5.89. The first kappa shape index (κ1) is 19.8. The van der Waals surface area contributed by atoms with Gasteiger partial charge in [-0.05, 0) is 54.8 Å². The van der Waals surface area contributed by atoms with E-state index in [1.165, 1.54) is 12.1 Å². The number of imidazole rings is 1. The van der Waals surface area contributed by atoms with Crippen molar-refractivity contribution in [3.05, 3.63) is 101 Å². The second-order valence-corrected chi connectivity index (χ2v) is 7.40. The molecule has 152 valence electrons. The van der Waals surface area contributed by atoms with Crippen LogP contribution in [0.3, 0.4) is 0 Å². The topological polar surface area (TPSA) is 46.9 Å². The van der Waals surface area contributed by atoms with Crippen LogP contribution in [0.15, 0.2) is 72.8 Å². The van der Waals surface area contributed by atoms with E-state index in [0.717, 1.165) is 40.8 Å². The van der Waals surface area contributed by atoms with Gasteiger partial charge in [0.25, 0.3) is 5.91 Å². The number of aryl methyl sites for hydroxylation is 2. The standard InChI is InChI=1S/C25H24FN3O/c1-18-7-2-3-8-21(18)25(30)27-16-6-11-24-28-22-9-4-5-10-23(22)29(24)17-19-12-14-20(26)15-13-19/h2-5,7-10,12-15H,6,11,16-17H2,1H3,(H,27,30). The molecule has 0 saturated heterocycles. The van der Waals surface area contributed by atoms with Gasteiger partial charge in [-0.15, -0.1) is 0 Å². The molecule has 0 fully saturated rings.